The van der Waals surface area contributed by atoms with Crippen LogP contribution >= 0.6 is 12.6 Å². The van der Waals surface area contributed by atoms with Gasteiger partial charge in [0.2, 0.25) is 5.91 Å². The van der Waals surface area contributed by atoms with Gasteiger partial charge < -0.3 is 14.4 Å². The molecule has 5 heteroatoms. The first-order valence-electron chi connectivity index (χ1n) is 5.94. The molecule has 1 aromatic carbocycles. The Kier molecular flexibility index (Phi) is 4.36. The van der Waals surface area contributed by atoms with Crippen molar-refractivity contribution in [2.75, 3.05) is 26.0 Å². The Morgan fingerprint density at radius 2 is 2.06 bits per heavy atom. The molecule has 4 nitrogen and oxygen atoms in total. The van der Waals surface area contributed by atoms with E-state index in [4.69, 9.17) is 9.47 Å². The van der Waals surface area contributed by atoms with Gasteiger partial charge in [0, 0.05) is 20.0 Å². The molecule has 0 unspecified atom stereocenters. The van der Waals surface area contributed by atoms with E-state index in [1.165, 1.54) is 0 Å². The van der Waals surface area contributed by atoms with Crippen LogP contribution in [-0.4, -0.2) is 36.8 Å². The number of fused-ring (bicyclic) bond motifs is 1. The van der Waals surface area contributed by atoms with Crippen LogP contribution in [0.15, 0.2) is 18.2 Å². The second kappa shape index (κ2) is 6.00. The number of hydrogen-bond acceptors (Lipinski definition) is 4. The first-order chi connectivity index (χ1) is 8.70. The molecule has 1 amide bonds. The summed E-state index contributed by atoms with van der Waals surface area (Å²) in [5.41, 5.74) is 1.04. The molecule has 0 aromatic heterocycles. The molecule has 0 aliphatic carbocycles. The van der Waals surface area contributed by atoms with E-state index in [9.17, 15) is 4.79 Å². The van der Waals surface area contributed by atoms with E-state index in [0.717, 1.165) is 17.1 Å². The maximum atomic E-state index is 11.7. The Hall–Kier alpha value is -1.36. The summed E-state index contributed by atoms with van der Waals surface area (Å²) in [7, 11) is 1.79. The van der Waals surface area contributed by atoms with Gasteiger partial charge in [0.1, 0.15) is 13.2 Å². The number of nitrogens with zero attached hydrogens (tertiary/aromatic N) is 1. The van der Waals surface area contributed by atoms with Crippen LogP contribution in [0.5, 0.6) is 11.5 Å². The zero-order valence-electron chi connectivity index (χ0n) is 10.4. The topological polar surface area (TPSA) is 38.8 Å². The zero-order chi connectivity index (χ0) is 13.0. The van der Waals surface area contributed by atoms with Gasteiger partial charge in [-0.1, -0.05) is 6.07 Å². The monoisotopic (exact) mass is 267 g/mol. The van der Waals surface area contributed by atoms with Crippen LogP contribution in [-0.2, 0) is 11.3 Å². The minimum absolute atomic E-state index is 0.0971. The molecule has 1 heterocycles. The van der Waals surface area contributed by atoms with Gasteiger partial charge in [-0.15, -0.1) is 0 Å². The zero-order valence-corrected chi connectivity index (χ0v) is 11.3. The normalized spacial score (nSPS) is 13.2. The summed E-state index contributed by atoms with van der Waals surface area (Å²) in [6.07, 6.45) is 0.462. The van der Waals surface area contributed by atoms with Crippen molar-refractivity contribution in [2.45, 2.75) is 13.0 Å². The van der Waals surface area contributed by atoms with Crippen LogP contribution in [0.1, 0.15) is 12.0 Å². The quantitative estimate of drug-likeness (QED) is 0.845. The number of ether oxygens (including phenoxy) is 2. The van der Waals surface area contributed by atoms with Gasteiger partial charge in [-0.05, 0) is 23.4 Å². The van der Waals surface area contributed by atoms with Gasteiger partial charge in [-0.25, -0.2) is 0 Å². The lowest BCUT2D eigenvalue weighted by Gasteiger charge is -2.21. The van der Waals surface area contributed by atoms with Crippen LogP contribution in [0.2, 0.25) is 0 Å². The lowest BCUT2D eigenvalue weighted by Crippen LogP contribution is -2.26. The van der Waals surface area contributed by atoms with Crippen LogP contribution in [0, 0.1) is 0 Å². The summed E-state index contributed by atoms with van der Waals surface area (Å²) in [4.78, 5) is 13.4. The second-order valence-corrected chi connectivity index (χ2v) is 4.65. The Balaban J connectivity index is 2.03. The second-order valence-electron chi connectivity index (χ2n) is 4.20. The van der Waals surface area contributed by atoms with E-state index in [-0.39, 0.29) is 5.91 Å². The Morgan fingerprint density at radius 1 is 1.33 bits per heavy atom. The van der Waals surface area contributed by atoms with Gasteiger partial charge in [-0.2, -0.15) is 12.6 Å². The number of amides is 1. The standard InChI is InChI=1S/C13H17NO3S/c1-14(13(15)4-7-18)9-10-2-3-11-12(8-10)17-6-5-16-11/h2-3,8,18H,4-7,9H2,1H3. The third kappa shape index (κ3) is 3.10. The maximum Gasteiger partial charge on any atom is 0.223 e. The Morgan fingerprint density at radius 3 is 2.78 bits per heavy atom. The van der Waals surface area contributed by atoms with Crippen LogP contribution in [0.25, 0.3) is 0 Å². The van der Waals surface area contributed by atoms with Crippen molar-refractivity contribution in [1.82, 2.24) is 4.90 Å². The number of carbonyl (C=O) groups is 1. The summed E-state index contributed by atoms with van der Waals surface area (Å²) in [6.45, 7) is 1.74. The first kappa shape index (κ1) is 13.1. The predicted molar refractivity (Wildman–Crippen MR) is 72.4 cm³/mol. The number of benzene rings is 1. The van der Waals surface area contributed by atoms with Crippen LogP contribution in [0.3, 0.4) is 0 Å². The molecule has 0 saturated carbocycles. The number of hydrogen-bond donors (Lipinski definition) is 1. The highest BCUT2D eigenvalue weighted by molar-refractivity contribution is 7.80. The molecule has 1 aromatic rings. The molecule has 0 saturated heterocycles. The van der Waals surface area contributed by atoms with Gasteiger partial charge in [0.15, 0.2) is 11.5 Å². The minimum atomic E-state index is 0.0971. The largest absolute Gasteiger partial charge is 0.486 e. The lowest BCUT2D eigenvalue weighted by molar-refractivity contribution is -0.129. The van der Waals surface area contributed by atoms with Gasteiger partial charge in [-0.3, -0.25) is 4.79 Å². The SMILES string of the molecule is CN(Cc1ccc2c(c1)OCCO2)C(=O)CCS. The first-order valence-corrected chi connectivity index (χ1v) is 6.57. The molecule has 18 heavy (non-hydrogen) atoms. The molecule has 0 bridgehead atoms. The highest BCUT2D eigenvalue weighted by atomic mass is 32.1. The van der Waals surface area contributed by atoms with Crippen molar-refractivity contribution in [3.05, 3.63) is 23.8 Å². The van der Waals surface area contributed by atoms with Gasteiger partial charge in [0.25, 0.3) is 0 Å². The summed E-state index contributed by atoms with van der Waals surface area (Å²) in [5.74, 6) is 2.20. The van der Waals surface area contributed by atoms with Crippen molar-refractivity contribution in [3.63, 3.8) is 0 Å². The van der Waals surface area contributed by atoms with Crippen molar-refractivity contribution in [1.29, 1.82) is 0 Å². The third-order valence-corrected chi connectivity index (χ3v) is 3.00. The van der Waals surface area contributed by atoms with E-state index in [1.807, 2.05) is 18.2 Å². The fraction of sp³-hybridized carbons (Fsp3) is 0.462. The summed E-state index contributed by atoms with van der Waals surface area (Å²) in [5, 5.41) is 0. The van der Waals surface area contributed by atoms with Crippen LogP contribution in [0.4, 0.5) is 0 Å². The fourth-order valence-corrected chi connectivity index (χ4v) is 2.03. The number of rotatable bonds is 4. The fourth-order valence-electron chi connectivity index (χ4n) is 1.83. The number of carbonyl (C=O) groups excluding carboxylic acids is 1. The molecule has 0 spiro atoms. The summed E-state index contributed by atoms with van der Waals surface area (Å²) in [6, 6.07) is 5.78. The molecule has 1 aliphatic rings. The summed E-state index contributed by atoms with van der Waals surface area (Å²) < 4.78 is 11.0. The molecular weight excluding hydrogens is 250 g/mol. The molecule has 0 fully saturated rings. The average Bonchev–Trinajstić information content (AvgIpc) is 2.39. The maximum absolute atomic E-state index is 11.7. The summed E-state index contributed by atoms with van der Waals surface area (Å²) >= 11 is 4.06. The average molecular weight is 267 g/mol. The van der Waals surface area contributed by atoms with E-state index < -0.39 is 0 Å². The van der Waals surface area contributed by atoms with Crippen molar-refractivity contribution < 1.29 is 14.3 Å². The molecule has 0 radical (unpaired) electrons. The van der Waals surface area contributed by atoms with Gasteiger partial charge in [0.05, 0.1) is 0 Å². The van der Waals surface area contributed by atoms with E-state index in [2.05, 4.69) is 12.6 Å². The van der Waals surface area contributed by atoms with Crippen molar-refractivity contribution in [3.8, 4) is 11.5 Å². The highest BCUT2D eigenvalue weighted by Gasteiger charge is 2.13. The Bertz CT molecular complexity index is 436. The van der Waals surface area contributed by atoms with E-state index >= 15 is 0 Å². The van der Waals surface area contributed by atoms with Crippen molar-refractivity contribution >= 4 is 18.5 Å². The van der Waals surface area contributed by atoms with Crippen molar-refractivity contribution in [2.24, 2.45) is 0 Å². The Labute approximate surface area is 112 Å². The molecule has 0 atom stereocenters. The molecular formula is C13H17NO3S. The molecule has 2 rings (SSSR count). The lowest BCUT2D eigenvalue weighted by atomic mass is 10.2. The highest BCUT2D eigenvalue weighted by Crippen LogP contribution is 2.31. The van der Waals surface area contributed by atoms with Crippen LogP contribution < -0.4 is 9.47 Å². The van der Waals surface area contributed by atoms with E-state index in [0.29, 0.717) is 31.9 Å². The minimum Gasteiger partial charge on any atom is -0.486 e. The molecule has 0 N–H and O–H groups in total. The smallest absolute Gasteiger partial charge is 0.223 e. The number of thiol groups is 1. The van der Waals surface area contributed by atoms with Gasteiger partial charge >= 0.3 is 0 Å². The molecule has 98 valence electrons. The van der Waals surface area contributed by atoms with E-state index in [1.54, 1.807) is 11.9 Å². The molecule has 1 aliphatic heterocycles. The third-order valence-electron chi connectivity index (χ3n) is 2.78. The predicted octanol–water partition coefficient (Wildman–Crippen LogP) is 1.74.